The summed E-state index contributed by atoms with van der Waals surface area (Å²) >= 11 is 0. The molecule has 106 valence electrons. The topological polar surface area (TPSA) is 43.8 Å². The fraction of sp³-hybridized carbons (Fsp3) is 0.400. The Hall–Kier alpha value is -1.91. The van der Waals surface area contributed by atoms with Crippen molar-refractivity contribution in [3.8, 4) is 11.3 Å². The fourth-order valence-corrected chi connectivity index (χ4v) is 2.47. The van der Waals surface area contributed by atoms with E-state index >= 15 is 0 Å². The molecule has 3 rings (SSSR count). The Morgan fingerprint density at radius 3 is 2.70 bits per heavy atom. The zero-order valence-electron chi connectivity index (χ0n) is 11.4. The van der Waals surface area contributed by atoms with E-state index in [9.17, 15) is 8.78 Å². The van der Waals surface area contributed by atoms with Crippen LogP contribution in [0.5, 0.6) is 0 Å². The molecule has 1 aromatic carbocycles. The number of halogens is 2. The molecule has 0 unspecified atom stereocenters. The minimum absolute atomic E-state index is 0.264. The lowest BCUT2D eigenvalue weighted by atomic mass is 10.1. The van der Waals surface area contributed by atoms with E-state index in [0.717, 1.165) is 37.7 Å². The Labute approximate surface area is 116 Å². The molecular formula is C15H17F2N3. The average molecular weight is 277 g/mol. The van der Waals surface area contributed by atoms with E-state index in [-0.39, 0.29) is 5.56 Å². The van der Waals surface area contributed by atoms with Crippen molar-refractivity contribution >= 4 is 5.82 Å². The highest BCUT2D eigenvalue weighted by Crippen LogP contribution is 2.42. The van der Waals surface area contributed by atoms with Crippen LogP contribution in [0.4, 0.5) is 14.6 Å². The molecule has 0 atom stereocenters. The summed E-state index contributed by atoms with van der Waals surface area (Å²) in [6, 6.07) is 3.49. The van der Waals surface area contributed by atoms with Crippen molar-refractivity contribution in [2.24, 2.45) is 0 Å². The molecule has 0 aliphatic heterocycles. The molecular weight excluding hydrogens is 260 g/mol. The normalized spacial score (nSPS) is 14.8. The first-order valence-electron chi connectivity index (χ1n) is 6.93. The molecule has 1 saturated carbocycles. The molecule has 1 aliphatic carbocycles. The first kappa shape index (κ1) is 13.1. The Morgan fingerprint density at radius 1 is 1.35 bits per heavy atom. The zero-order valence-corrected chi connectivity index (χ0v) is 11.4. The predicted octanol–water partition coefficient (Wildman–Crippen LogP) is 3.70. The van der Waals surface area contributed by atoms with Crippen LogP contribution in [0.2, 0.25) is 0 Å². The number of benzene rings is 1. The average Bonchev–Trinajstić information content (AvgIpc) is 3.19. The van der Waals surface area contributed by atoms with Crippen LogP contribution in [0.1, 0.15) is 37.9 Å². The highest BCUT2D eigenvalue weighted by atomic mass is 19.1. The minimum Gasteiger partial charge on any atom is -0.383 e. The molecule has 0 amide bonds. The summed E-state index contributed by atoms with van der Waals surface area (Å²) in [4.78, 5) is 4.53. The van der Waals surface area contributed by atoms with Crippen molar-refractivity contribution in [1.29, 1.82) is 0 Å². The maximum absolute atomic E-state index is 13.9. The summed E-state index contributed by atoms with van der Waals surface area (Å²) in [7, 11) is 0. The van der Waals surface area contributed by atoms with Gasteiger partial charge in [0.25, 0.3) is 0 Å². The molecule has 1 aliphatic rings. The van der Waals surface area contributed by atoms with Crippen LogP contribution < -0.4 is 5.73 Å². The van der Waals surface area contributed by atoms with E-state index in [2.05, 4.69) is 11.9 Å². The lowest BCUT2D eigenvalue weighted by molar-refractivity contribution is 0.585. The second-order valence-corrected chi connectivity index (χ2v) is 5.25. The van der Waals surface area contributed by atoms with Crippen LogP contribution in [-0.2, 0) is 6.54 Å². The van der Waals surface area contributed by atoms with Crippen molar-refractivity contribution in [2.75, 3.05) is 5.73 Å². The molecule has 20 heavy (non-hydrogen) atoms. The Morgan fingerprint density at radius 2 is 2.10 bits per heavy atom. The lowest BCUT2D eigenvalue weighted by Crippen LogP contribution is -2.06. The third-order valence-corrected chi connectivity index (χ3v) is 3.61. The number of rotatable bonds is 4. The van der Waals surface area contributed by atoms with Crippen molar-refractivity contribution < 1.29 is 8.78 Å². The van der Waals surface area contributed by atoms with E-state index in [1.807, 2.05) is 4.57 Å². The number of hydrogen-bond acceptors (Lipinski definition) is 2. The van der Waals surface area contributed by atoms with Crippen molar-refractivity contribution in [3.63, 3.8) is 0 Å². The molecule has 0 bridgehead atoms. The molecule has 2 aromatic rings. The second kappa shape index (κ2) is 4.89. The Bertz CT molecular complexity index is 645. The van der Waals surface area contributed by atoms with Crippen molar-refractivity contribution in [2.45, 2.75) is 38.6 Å². The van der Waals surface area contributed by atoms with Gasteiger partial charge in [0.05, 0.1) is 0 Å². The van der Waals surface area contributed by atoms with Gasteiger partial charge in [0.2, 0.25) is 0 Å². The molecule has 1 heterocycles. The molecule has 1 fully saturated rings. The second-order valence-electron chi connectivity index (χ2n) is 5.25. The van der Waals surface area contributed by atoms with Gasteiger partial charge >= 0.3 is 0 Å². The largest absolute Gasteiger partial charge is 0.383 e. The van der Waals surface area contributed by atoms with E-state index < -0.39 is 11.6 Å². The number of imidazole rings is 1. The van der Waals surface area contributed by atoms with Gasteiger partial charge in [0, 0.05) is 24.1 Å². The van der Waals surface area contributed by atoms with Gasteiger partial charge < -0.3 is 10.3 Å². The van der Waals surface area contributed by atoms with E-state index in [0.29, 0.717) is 17.4 Å². The minimum atomic E-state index is -0.625. The van der Waals surface area contributed by atoms with Gasteiger partial charge in [-0.25, -0.2) is 13.8 Å². The summed E-state index contributed by atoms with van der Waals surface area (Å²) in [6.07, 6.45) is 3.14. The molecule has 0 spiro atoms. The molecule has 3 nitrogen and oxygen atoms in total. The monoisotopic (exact) mass is 277 g/mol. The quantitative estimate of drug-likeness (QED) is 0.926. The third-order valence-electron chi connectivity index (χ3n) is 3.61. The van der Waals surface area contributed by atoms with Gasteiger partial charge in [0.15, 0.2) is 0 Å². The SMILES string of the molecule is CCCn1c(C2CC2)nc(-c2ccc(F)cc2F)c1N. The van der Waals surface area contributed by atoms with E-state index in [1.54, 1.807) is 0 Å². The van der Waals surface area contributed by atoms with Gasteiger partial charge in [-0.15, -0.1) is 0 Å². The summed E-state index contributed by atoms with van der Waals surface area (Å²) in [5, 5.41) is 0. The first-order valence-corrected chi connectivity index (χ1v) is 6.93. The fourth-order valence-electron chi connectivity index (χ4n) is 2.47. The Balaban J connectivity index is 2.11. The van der Waals surface area contributed by atoms with Crippen LogP contribution in [0.25, 0.3) is 11.3 Å². The molecule has 2 N–H and O–H groups in total. The third kappa shape index (κ3) is 2.17. The van der Waals surface area contributed by atoms with Gasteiger partial charge in [-0.1, -0.05) is 6.92 Å². The smallest absolute Gasteiger partial charge is 0.135 e. The Kier molecular flexibility index (Phi) is 3.20. The van der Waals surface area contributed by atoms with Crippen LogP contribution >= 0.6 is 0 Å². The maximum atomic E-state index is 13.9. The standard InChI is InChI=1S/C15H17F2N3/c1-2-7-20-14(18)13(19-15(20)9-3-4-9)11-6-5-10(16)8-12(11)17/h5-6,8-9H,2-4,7,18H2,1H3. The number of nitrogens with zero attached hydrogens (tertiary/aromatic N) is 2. The molecule has 1 aromatic heterocycles. The number of hydrogen-bond donors (Lipinski definition) is 1. The number of aromatic nitrogens is 2. The molecule has 0 radical (unpaired) electrons. The van der Waals surface area contributed by atoms with Gasteiger partial charge in [-0.3, -0.25) is 0 Å². The summed E-state index contributed by atoms with van der Waals surface area (Å²) in [5.41, 5.74) is 6.83. The predicted molar refractivity (Wildman–Crippen MR) is 74.3 cm³/mol. The van der Waals surface area contributed by atoms with Crippen molar-refractivity contribution in [3.05, 3.63) is 35.7 Å². The maximum Gasteiger partial charge on any atom is 0.135 e. The first-order chi connectivity index (χ1) is 9.61. The molecule has 5 heteroatoms. The highest BCUT2D eigenvalue weighted by molar-refractivity contribution is 5.71. The summed E-state index contributed by atoms with van der Waals surface area (Å²) in [6.45, 7) is 2.84. The highest BCUT2D eigenvalue weighted by Gasteiger charge is 2.31. The number of anilines is 1. The molecule has 0 saturated heterocycles. The van der Waals surface area contributed by atoms with Gasteiger partial charge in [-0.05, 0) is 31.4 Å². The summed E-state index contributed by atoms with van der Waals surface area (Å²) in [5.74, 6) is 0.615. The van der Waals surface area contributed by atoms with Gasteiger partial charge in [0.1, 0.15) is 29.0 Å². The van der Waals surface area contributed by atoms with Crippen LogP contribution in [0.15, 0.2) is 18.2 Å². The van der Waals surface area contributed by atoms with E-state index in [1.165, 1.54) is 12.1 Å². The number of nitrogen functional groups attached to an aromatic ring is 1. The van der Waals surface area contributed by atoms with E-state index in [4.69, 9.17) is 5.73 Å². The lowest BCUT2D eigenvalue weighted by Gasteiger charge is -2.07. The van der Waals surface area contributed by atoms with Crippen LogP contribution in [0, 0.1) is 11.6 Å². The van der Waals surface area contributed by atoms with Crippen LogP contribution in [-0.4, -0.2) is 9.55 Å². The zero-order chi connectivity index (χ0) is 14.3. The van der Waals surface area contributed by atoms with Crippen molar-refractivity contribution in [1.82, 2.24) is 9.55 Å². The van der Waals surface area contributed by atoms with Gasteiger partial charge in [-0.2, -0.15) is 0 Å². The summed E-state index contributed by atoms with van der Waals surface area (Å²) < 4.78 is 28.9. The number of nitrogens with two attached hydrogens (primary N) is 1. The van der Waals surface area contributed by atoms with Crippen LogP contribution in [0.3, 0.4) is 0 Å².